The largest absolute Gasteiger partial charge is 0.376 e. The van der Waals surface area contributed by atoms with Gasteiger partial charge in [-0.15, -0.1) is 11.8 Å². The minimum atomic E-state index is -1.59. The third-order valence-corrected chi connectivity index (χ3v) is 7.96. The van der Waals surface area contributed by atoms with Gasteiger partial charge in [0.15, 0.2) is 17.5 Å². The zero-order chi connectivity index (χ0) is 27.7. The molecule has 0 fully saturated rings. The van der Waals surface area contributed by atoms with E-state index in [0.29, 0.717) is 30.1 Å². The van der Waals surface area contributed by atoms with E-state index in [1.54, 1.807) is 36.3 Å². The predicted octanol–water partition coefficient (Wildman–Crippen LogP) is 8.54. The van der Waals surface area contributed by atoms with E-state index in [4.69, 9.17) is 16.3 Å². The molecule has 38 heavy (non-hydrogen) atoms. The van der Waals surface area contributed by atoms with Gasteiger partial charge in [-0.3, -0.25) is 9.78 Å². The number of nitrogens with one attached hydrogen (secondary N) is 1. The van der Waals surface area contributed by atoms with E-state index < -0.39 is 23.4 Å². The van der Waals surface area contributed by atoms with Crippen LogP contribution < -0.4 is 5.32 Å². The summed E-state index contributed by atoms with van der Waals surface area (Å²) in [6.07, 6.45) is 6.61. The minimum Gasteiger partial charge on any atom is -0.376 e. The van der Waals surface area contributed by atoms with Crippen LogP contribution in [-0.2, 0) is 11.3 Å². The van der Waals surface area contributed by atoms with Crippen molar-refractivity contribution < 1.29 is 22.7 Å². The highest BCUT2D eigenvalue weighted by Gasteiger charge is 2.22. The molecule has 3 rings (SSSR count). The highest BCUT2D eigenvalue weighted by molar-refractivity contribution is 8.00. The highest BCUT2D eigenvalue weighted by Crippen LogP contribution is 2.37. The lowest BCUT2D eigenvalue weighted by atomic mass is 9.90. The summed E-state index contributed by atoms with van der Waals surface area (Å²) in [6.45, 7) is 7.67. The van der Waals surface area contributed by atoms with Crippen LogP contribution in [0.2, 0.25) is 5.02 Å². The van der Waals surface area contributed by atoms with Crippen molar-refractivity contribution in [1.29, 1.82) is 0 Å². The standard InChI is InChI=1S/C29H32ClF3N2O2S/c1-4-6-21(11-18(2)16-37-17-20-7-5-10-34-15-20)19(3)38-27-12-22(8-9-24(27)30)29(36)35-23-13-25(31)28(33)26(32)14-23/h5,7-10,12-15,18-19,21H,4,6,11,16-17H2,1-3H3,(H,35,36). The number of hydrogen-bond acceptors (Lipinski definition) is 4. The van der Waals surface area contributed by atoms with E-state index in [1.807, 2.05) is 12.1 Å². The molecule has 0 aliphatic carbocycles. The van der Waals surface area contributed by atoms with E-state index in [2.05, 4.69) is 31.1 Å². The number of hydrogen-bond donors (Lipinski definition) is 1. The average molecular weight is 565 g/mol. The first kappa shape index (κ1) is 30.0. The van der Waals surface area contributed by atoms with Crippen molar-refractivity contribution in [3.8, 4) is 0 Å². The van der Waals surface area contributed by atoms with E-state index >= 15 is 0 Å². The fourth-order valence-electron chi connectivity index (χ4n) is 4.22. The first-order valence-corrected chi connectivity index (χ1v) is 13.8. The fourth-order valence-corrected chi connectivity index (χ4v) is 5.69. The molecule has 1 aromatic heterocycles. The molecule has 1 N–H and O–H groups in total. The molecule has 4 nitrogen and oxygen atoms in total. The molecule has 0 saturated heterocycles. The van der Waals surface area contributed by atoms with Crippen LogP contribution in [0.3, 0.4) is 0 Å². The Balaban J connectivity index is 1.62. The van der Waals surface area contributed by atoms with Crippen molar-refractivity contribution in [2.45, 2.75) is 56.8 Å². The van der Waals surface area contributed by atoms with Crippen molar-refractivity contribution in [3.63, 3.8) is 0 Å². The molecular weight excluding hydrogens is 533 g/mol. The van der Waals surface area contributed by atoms with Gasteiger partial charge in [-0.05, 0) is 54.5 Å². The Morgan fingerprint density at radius 2 is 1.87 bits per heavy atom. The number of amides is 1. The number of halogens is 4. The molecule has 0 saturated carbocycles. The molecule has 1 heterocycles. The van der Waals surface area contributed by atoms with Gasteiger partial charge >= 0.3 is 0 Å². The van der Waals surface area contributed by atoms with E-state index in [0.717, 1.165) is 41.9 Å². The van der Waals surface area contributed by atoms with E-state index in [-0.39, 0.29) is 16.5 Å². The topological polar surface area (TPSA) is 51.2 Å². The van der Waals surface area contributed by atoms with Gasteiger partial charge in [0.25, 0.3) is 5.91 Å². The molecule has 0 radical (unpaired) electrons. The van der Waals surface area contributed by atoms with Gasteiger partial charge in [0.1, 0.15) is 0 Å². The van der Waals surface area contributed by atoms with Crippen LogP contribution in [0.1, 0.15) is 56.0 Å². The van der Waals surface area contributed by atoms with Crippen LogP contribution in [0.25, 0.3) is 0 Å². The Labute approximate surface area is 231 Å². The van der Waals surface area contributed by atoms with Gasteiger partial charge < -0.3 is 10.1 Å². The number of pyridine rings is 1. The van der Waals surface area contributed by atoms with Crippen LogP contribution in [-0.4, -0.2) is 22.7 Å². The van der Waals surface area contributed by atoms with E-state index in [1.165, 1.54) is 6.07 Å². The lowest BCUT2D eigenvalue weighted by Gasteiger charge is -2.26. The molecular formula is C29H32ClF3N2O2S. The number of aromatic nitrogens is 1. The SMILES string of the molecule is CCCC(CC(C)COCc1cccnc1)C(C)Sc1cc(C(=O)Nc2cc(F)c(F)c(F)c2)ccc1Cl. The van der Waals surface area contributed by atoms with Gasteiger partial charge in [0.2, 0.25) is 0 Å². The molecule has 0 aliphatic rings. The normalized spacial score (nSPS) is 13.7. The zero-order valence-electron chi connectivity index (χ0n) is 21.6. The number of nitrogens with zero attached hydrogens (tertiary/aromatic N) is 1. The molecule has 2 aromatic carbocycles. The third-order valence-electron chi connectivity index (χ3n) is 6.17. The van der Waals surface area contributed by atoms with Crippen LogP contribution in [0.15, 0.2) is 59.8 Å². The molecule has 0 aliphatic heterocycles. The number of ether oxygens (including phenoxy) is 1. The third kappa shape index (κ3) is 8.75. The number of anilines is 1. The maximum atomic E-state index is 13.5. The molecule has 0 bridgehead atoms. The van der Waals surface area contributed by atoms with Gasteiger partial charge in [0.05, 0.1) is 11.6 Å². The van der Waals surface area contributed by atoms with Crippen LogP contribution >= 0.6 is 23.4 Å². The Hall–Kier alpha value is -2.55. The number of carbonyl (C=O) groups is 1. The monoisotopic (exact) mass is 564 g/mol. The second kappa shape index (κ2) is 14.6. The number of rotatable bonds is 13. The van der Waals surface area contributed by atoms with Crippen molar-refractivity contribution in [2.75, 3.05) is 11.9 Å². The second-order valence-electron chi connectivity index (χ2n) is 9.44. The van der Waals surface area contributed by atoms with Crippen LogP contribution in [0, 0.1) is 29.3 Å². The number of thioether (sulfide) groups is 1. The predicted molar refractivity (Wildman–Crippen MR) is 147 cm³/mol. The van der Waals surface area contributed by atoms with Gasteiger partial charge in [-0.25, -0.2) is 13.2 Å². The van der Waals surface area contributed by atoms with E-state index in [9.17, 15) is 18.0 Å². The van der Waals surface area contributed by atoms with Crippen molar-refractivity contribution in [1.82, 2.24) is 4.98 Å². The number of carbonyl (C=O) groups excluding carboxylic acids is 1. The summed E-state index contributed by atoms with van der Waals surface area (Å²) >= 11 is 8.05. The Kier molecular flexibility index (Phi) is 11.5. The fraction of sp³-hybridized carbons (Fsp3) is 0.379. The Morgan fingerprint density at radius 1 is 1.13 bits per heavy atom. The summed E-state index contributed by atoms with van der Waals surface area (Å²) < 4.78 is 46.2. The summed E-state index contributed by atoms with van der Waals surface area (Å²) in [5.41, 5.74) is 1.15. The van der Waals surface area contributed by atoms with Crippen LogP contribution in [0.5, 0.6) is 0 Å². The summed E-state index contributed by atoms with van der Waals surface area (Å²) in [5.74, 6) is -4.15. The Morgan fingerprint density at radius 3 is 2.53 bits per heavy atom. The lowest BCUT2D eigenvalue weighted by Crippen LogP contribution is -2.19. The zero-order valence-corrected chi connectivity index (χ0v) is 23.2. The van der Waals surface area contributed by atoms with Crippen molar-refractivity contribution in [3.05, 3.63) is 88.5 Å². The maximum absolute atomic E-state index is 13.5. The molecule has 9 heteroatoms. The smallest absolute Gasteiger partial charge is 0.255 e. The molecule has 204 valence electrons. The maximum Gasteiger partial charge on any atom is 0.255 e. The summed E-state index contributed by atoms with van der Waals surface area (Å²) in [4.78, 5) is 17.6. The van der Waals surface area contributed by atoms with Gasteiger partial charge in [-0.1, -0.05) is 44.9 Å². The Bertz CT molecular complexity index is 1190. The van der Waals surface area contributed by atoms with Crippen molar-refractivity contribution >= 4 is 35.0 Å². The number of benzene rings is 2. The average Bonchev–Trinajstić information content (AvgIpc) is 2.88. The first-order valence-electron chi connectivity index (χ1n) is 12.6. The quantitative estimate of drug-likeness (QED) is 0.167. The molecule has 0 spiro atoms. The highest BCUT2D eigenvalue weighted by atomic mass is 35.5. The summed E-state index contributed by atoms with van der Waals surface area (Å²) in [7, 11) is 0. The molecule has 3 unspecified atom stereocenters. The summed E-state index contributed by atoms with van der Waals surface area (Å²) in [5, 5.41) is 3.14. The van der Waals surface area contributed by atoms with Gasteiger partial charge in [0, 0.05) is 52.5 Å². The molecule has 1 amide bonds. The van der Waals surface area contributed by atoms with Crippen LogP contribution in [0.4, 0.5) is 18.9 Å². The molecule has 3 atom stereocenters. The van der Waals surface area contributed by atoms with Crippen molar-refractivity contribution in [2.24, 2.45) is 11.8 Å². The lowest BCUT2D eigenvalue weighted by molar-refractivity contribution is 0.0832. The molecule has 3 aromatic rings. The second-order valence-corrected chi connectivity index (χ2v) is 11.3. The first-order chi connectivity index (χ1) is 18.2. The van der Waals surface area contributed by atoms with Gasteiger partial charge in [-0.2, -0.15) is 0 Å². The summed E-state index contributed by atoms with van der Waals surface area (Å²) in [6, 6.07) is 10.2. The minimum absolute atomic E-state index is 0.174.